The van der Waals surface area contributed by atoms with Crippen molar-refractivity contribution < 1.29 is 19.4 Å². The highest BCUT2D eigenvalue weighted by Gasteiger charge is 2.76. The van der Waals surface area contributed by atoms with E-state index in [0.717, 1.165) is 6.07 Å². The third kappa shape index (κ3) is 3.30. The van der Waals surface area contributed by atoms with Crippen molar-refractivity contribution in [2.45, 2.75) is 17.8 Å². The quantitative estimate of drug-likeness (QED) is 0.486. The van der Waals surface area contributed by atoms with E-state index >= 15 is 0 Å². The molecule has 3 rings (SSSR count). The summed E-state index contributed by atoms with van der Waals surface area (Å²) in [7, 11) is 0. The number of nitrogens with zero attached hydrogens (tertiary/aromatic N) is 2. The number of hydrogen-bond donors (Lipinski definition) is 2. The fourth-order valence-electron chi connectivity index (χ4n) is 2.65. The lowest BCUT2D eigenvalue weighted by Crippen LogP contribution is -2.28. The van der Waals surface area contributed by atoms with Crippen LogP contribution in [0.25, 0.3) is 0 Å². The maximum atomic E-state index is 13.9. The van der Waals surface area contributed by atoms with Crippen LogP contribution in [0.2, 0.25) is 0 Å². The molecule has 2 aromatic rings. The lowest BCUT2D eigenvalue weighted by atomic mass is 9.94. The molecule has 1 atom stereocenters. The molecular weight excluding hydrogens is 345 g/mol. The van der Waals surface area contributed by atoms with E-state index in [1.165, 1.54) is 36.7 Å². The van der Waals surface area contributed by atoms with Crippen molar-refractivity contribution in [1.82, 2.24) is 4.98 Å². The molecule has 8 heteroatoms. The third-order valence-corrected chi connectivity index (χ3v) is 4.08. The summed E-state index contributed by atoms with van der Waals surface area (Å²) in [5.74, 6) is -5.06. The van der Waals surface area contributed by atoms with E-state index in [4.69, 9.17) is 5.73 Å². The van der Waals surface area contributed by atoms with Gasteiger partial charge >= 0.3 is 0 Å². The minimum absolute atomic E-state index is 0. The van der Waals surface area contributed by atoms with Gasteiger partial charge in [-0.25, -0.2) is 13.8 Å². The van der Waals surface area contributed by atoms with Crippen molar-refractivity contribution in [1.29, 1.82) is 0 Å². The largest absolute Gasteiger partial charge is 0.384 e. The molecule has 0 aliphatic heterocycles. The van der Waals surface area contributed by atoms with Gasteiger partial charge in [-0.3, -0.25) is 4.79 Å². The number of nitrogens with one attached hydrogen (secondary N) is 1. The van der Waals surface area contributed by atoms with Crippen LogP contribution in [0, 0.1) is 5.95 Å². The minimum Gasteiger partial charge on any atom is -0.384 e. The molecule has 1 aliphatic carbocycles. The number of pyridine rings is 1. The first-order valence-electron chi connectivity index (χ1n) is 7.72. The molecule has 1 fully saturated rings. The second-order valence-electron chi connectivity index (χ2n) is 5.84. The SMILES string of the molecule is NC(/C=C\Nc1ccnc(F)c1)=NC(=O)[C@]1(c2ccccc2)CC1(F)F.[HH]. The van der Waals surface area contributed by atoms with Gasteiger partial charge in [0, 0.05) is 32.0 Å². The number of anilines is 1. The maximum Gasteiger partial charge on any atom is 0.268 e. The summed E-state index contributed by atoms with van der Waals surface area (Å²) in [4.78, 5) is 19.4. The summed E-state index contributed by atoms with van der Waals surface area (Å²) >= 11 is 0. The lowest BCUT2D eigenvalue weighted by molar-refractivity contribution is -0.122. The number of carbonyl (C=O) groups excluding carboxylic acids is 1. The molecule has 0 saturated heterocycles. The van der Waals surface area contributed by atoms with E-state index < -0.39 is 29.6 Å². The molecule has 0 unspecified atom stereocenters. The topological polar surface area (TPSA) is 80.4 Å². The summed E-state index contributed by atoms with van der Waals surface area (Å²) in [5.41, 5.74) is 4.28. The summed E-state index contributed by atoms with van der Waals surface area (Å²) in [5, 5.41) is 2.71. The van der Waals surface area contributed by atoms with E-state index in [-0.39, 0.29) is 12.8 Å². The van der Waals surface area contributed by atoms with Gasteiger partial charge in [0.25, 0.3) is 11.8 Å². The normalized spacial score (nSPS) is 21.6. The summed E-state index contributed by atoms with van der Waals surface area (Å²) in [6.07, 6.45) is 3.22. The van der Waals surface area contributed by atoms with Crippen molar-refractivity contribution in [3.05, 3.63) is 72.4 Å². The van der Waals surface area contributed by atoms with Crippen LogP contribution in [0.1, 0.15) is 13.4 Å². The number of aliphatic imine (C=N–C) groups is 1. The third-order valence-electron chi connectivity index (χ3n) is 4.08. The zero-order chi connectivity index (χ0) is 18.8. The van der Waals surface area contributed by atoms with Crippen LogP contribution in [-0.4, -0.2) is 22.6 Å². The molecular formula is C18H17F3N4O. The summed E-state index contributed by atoms with van der Waals surface area (Å²) in [6, 6.07) is 10.5. The number of rotatable bonds is 5. The van der Waals surface area contributed by atoms with Crippen molar-refractivity contribution in [2.24, 2.45) is 10.7 Å². The Bertz CT molecular complexity index is 889. The van der Waals surface area contributed by atoms with Crippen molar-refractivity contribution in [3.63, 3.8) is 0 Å². The van der Waals surface area contributed by atoms with E-state index in [1.54, 1.807) is 18.2 Å². The molecule has 0 spiro atoms. The van der Waals surface area contributed by atoms with Gasteiger partial charge < -0.3 is 11.1 Å². The molecule has 26 heavy (non-hydrogen) atoms. The molecule has 0 bridgehead atoms. The van der Waals surface area contributed by atoms with E-state index in [2.05, 4.69) is 15.3 Å². The van der Waals surface area contributed by atoms with E-state index in [0.29, 0.717) is 5.69 Å². The van der Waals surface area contributed by atoms with Crippen LogP contribution in [-0.2, 0) is 10.2 Å². The molecule has 1 aromatic carbocycles. The summed E-state index contributed by atoms with van der Waals surface area (Å²) in [6.45, 7) is 0. The number of halogens is 3. The first-order valence-corrected chi connectivity index (χ1v) is 7.72. The van der Waals surface area contributed by atoms with Crippen molar-refractivity contribution in [2.75, 3.05) is 5.32 Å². The maximum absolute atomic E-state index is 13.9. The Morgan fingerprint density at radius 3 is 2.62 bits per heavy atom. The molecule has 136 valence electrons. The van der Waals surface area contributed by atoms with Gasteiger partial charge in [0.15, 0.2) is 0 Å². The predicted octanol–water partition coefficient (Wildman–Crippen LogP) is 3.25. The number of hydrogen-bond acceptors (Lipinski definition) is 3. The summed E-state index contributed by atoms with van der Waals surface area (Å²) < 4.78 is 40.9. The van der Waals surface area contributed by atoms with Gasteiger partial charge in [-0.2, -0.15) is 9.38 Å². The van der Waals surface area contributed by atoms with E-state index in [1.807, 2.05) is 0 Å². The average Bonchev–Trinajstić information content (AvgIpc) is 3.20. The van der Waals surface area contributed by atoms with Crippen LogP contribution in [0.3, 0.4) is 0 Å². The van der Waals surface area contributed by atoms with Gasteiger partial charge in [0.05, 0.1) is 0 Å². The van der Waals surface area contributed by atoms with Gasteiger partial charge in [-0.05, 0) is 17.7 Å². The number of nitrogens with two attached hydrogens (primary N) is 1. The number of alkyl halides is 2. The standard InChI is InChI=1S/C18H15F3N4O.H2/c19-14-10-13(6-8-24-14)23-9-7-15(22)25-16(26)17(11-18(17,20)21)12-4-2-1-3-5-12;/h1-10H,11H2,(H,23,24)(H2,22,25,26);1H/b9-7-;/t17-;/m1./s1. The fourth-order valence-corrected chi connectivity index (χ4v) is 2.65. The fraction of sp³-hybridized carbons (Fsp3) is 0.167. The number of amidine groups is 1. The zero-order valence-corrected chi connectivity index (χ0v) is 13.5. The smallest absolute Gasteiger partial charge is 0.268 e. The number of carbonyl (C=O) groups is 1. The Morgan fingerprint density at radius 2 is 2.00 bits per heavy atom. The minimum atomic E-state index is -3.16. The number of benzene rings is 1. The van der Waals surface area contributed by atoms with Gasteiger partial charge in [-0.15, -0.1) is 0 Å². The van der Waals surface area contributed by atoms with Crippen LogP contribution in [0.4, 0.5) is 18.9 Å². The Kier molecular flexibility index (Phi) is 4.50. The van der Waals surface area contributed by atoms with E-state index in [9.17, 15) is 18.0 Å². The average molecular weight is 362 g/mol. The van der Waals surface area contributed by atoms with Gasteiger partial charge in [-0.1, -0.05) is 30.3 Å². The second-order valence-corrected chi connectivity index (χ2v) is 5.84. The zero-order valence-electron chi connectivity index (χ0n) is 13.5. The monoisotopic (exact) mass is 362 g/mol. The Hall–Kier alpha value is -3.16. The molecule has 1 aliphatic rings. The van der Waals surface area contributed by atoms with Gasteiger partial charge in [0.1, 0.15) is 11.3 Å². The van der Waals surface area contributed by atoms with Crippen LogP contribution >= 0.6 is 0 Å². The highest BCUT2D eigenvalue weighted by Crippen LogP contribution is 2.62. The van der Waals surface area contributed by atoms with Crippen LogP contribution in [0.5, 0.6) is 0 Å². The molecule has 5 nitrogen and oxygen atoms in total. The molecule has 1 heterocycles. The highest BCUT2D eigenvalue weighted by atomic mass is 19.3. The molecule has 1 amide bonds. The highest BCUT2D eigenvalue weighted by molar-refractivity contribution is 6.05. The Morgan fingerprint density at radius 1 is 1.31 bits per heavy atom. The molecule has 1 saturated carbocycles. The van der Waals surface area contributed by atoms with Crippen LogP contribution < -0.4 is 11.1 Å². The number of aromatic nitrogens is 1. The van der Waals surface area contributed by atoms with Crippen molar-refractivity contribution in [3.8, 4) is 0 Å². The second kappa shape index (κ2) is 6.62. The first-order chi connectivity index (χ1) is 12.3. The lowest BCUT2D eigenvalue weighted by Gasteiger charge is -2.12. The predicted molar refractivity (Wildman–Crippen MR) is 93.4 cm³/mol. The first kappa shape index (κ1) is 17.7. The molecule has 3 N–H and O–H groups in total. The number of amides is 1. The Labute approximate surface area is 148 Å². The van der Waals surface area contributed by atoms with Gasteiger partial charge in [0.2, 0.25) is 5.95 Å². The van der Waals surface area contributed by atoms with Crippen molar-refractivity contribution >= 4 is 17.4 Å². The van der Waals surface area contributed by atoms with Crippen LogP contribution in [0.15, 0.2) is 65.9 Å². The Balaban J connectivity index is 0.00000261. The molecule has 1 aromatic heterocycles. The molecule has 0 radical (unpaired) electrons.